The number of rotatable bonds is 5. The Balaban J connectivity index is 2.36. The van der Waals surface area contributed by atoms with Gasteiger partial charge in [-0.1, -0.05) is 68.3 Å². The molecule has 0 aromatic heterocycles. The van der Waals surface area contributed by atoms with E-state index in [0.29, 0.717) is 4.47 Å². The zero-order valence-corrected chi connectivity index (χ0v) is 15.5. The Morgan fingerprint density at radius 2 is 1.60 bits per heavy atom. The Bertz CT molecular complexity index is 565. The van der Waals surface area contributed by atoms with E-state index in [-0.39, 0.29) is 11.2 Å². The second kappa shape index (κ2) is 7.19. The van der Waals surface area contributed by atoms with Crippen LogP contribution in [-0.4, -0.2) is 10.7 Å². The van der Waals surface area contributed by atoms with Crippen molar-refractivity contribution in [1.29, 1.82) is 0 Å². The van der Waals surface area contributed by atoms with E-state index < -0.39 is 0 Å². The van der Waals surface area contributed by atoms with E-state index in [4.69, 9.17) is 0 Å². The van der Waals surface area contributed by atoms with Gasteiger partial charge in [0.2, 0.25) is 0 Å². The van der Waals surface area contributed by atoms with Gasteiger partial charge in [-0.05, 0) is 45.6 Å². The Morgan fingerprint density at radius 3 is 2.15 bits per heavy atom. The van der Waals surface area contributed by atoms with E-state index in [1.807, 2.05) is 18.2 Å². The fourth-order valence-electron chi connectivity index (χ4n) is 2.22. The van der Waals surface area contributed by atoms with E-state index in [1.165, 1.54) is 11.6 Å². The highest BCUT2D eigenvalue weighted by Gasteiger charge is 2.30. The molecule has 2 rings (SSSR count). The van der Waals surface area contributed by atoms with Gasteiger partial charge in [0.1, 0.15) is 5.82 Å². The lowest BCUT2D eigenvalue weighted by Gasteiger charge is -2.31. The van der Waals surface area contributed by atoms with Crippen LogP contribution in [0.5, 0.6) is 0 Å². The maximum absolute atomic E-state index is 13.4. The molecule has 0 saturated heterocycles. The Labute approximate surface area is 144 Å². The van der Waals surface area contributed by atoms with E-state index in [2.05, 4.69) is 72.1 Å². The molecule has 0 unspecified atom stereocenters. The number of hydrogen-bond acceptors (Lipinski definition) is 0. The third-order valence-electron chi connectivity index (χ3n) is 3.42. The van der Waals surface area contributed by atoms with E-state index >= 15 is 0 Å². The van der Waals surface area contributed by atoms with Crippen LogP contribution in [0.25, 0.3) is 0 Å². The summed E-state index contributed by atoms with van der Waals surface area (Å²) < 4.78 is 13.9. The second-order valence-electron chi connectivity index (χ2n) is 4.84. The molecule has 0 radical (unpaired) electrons. The summed E-state index contributed by atoms with van der Waals surface area (Å²) in [5.41, 5.74) is 2.34. The predicted molar refractivity (Wildman–Crippen MR) is 93.5 cm³/mol. The summed E-state index contributed by atoms with van der Waals surface area (Å²) in [4.78, 5) is 0. The van der Waals surface area contributed by atoms with Gasteiger partial charge in [0.05, 0.1) is 4.47 Å². The first-order valence-electron chi connectivity index (χ1n) is 6.23. The molecule has 0 aliphatic heterocycles. The van der Waals surface area contributed by atoms with Crippen LogP contribution in [-0.2, 0) is 11.8 Å². The van der Waals surface area contributed by atoms with Gasteiger partial charge >= 0.3 is 0 Å². The highest BCUT2D eigenvalue weighted by Crippen LogP contribution is 2.33. The van der Waals surface area contributed by atoms with Crippen molar-refractivity contribution in [2.75, 3.05) is 10.7 Å². The zero-order valence-electron chi connectivity index (χ0n) is 10.8. The summed E-state index contributed by atoms with van der Waals surface area (Å²) >= 11 is 10.5. The van der Waals surface area contributed by atoms with Crippen molar-refractivity contribution in [1.82, 2.24) is 0 Å². The number of benzene rings is 2. The van der Waals surface area contributed by atoms with Gasteiger partial charge < -0.3 is 0 Å². The second-order valence-corrected chi connectivity index (χ2v) is 6.81. The topological polar surface area (TPSA) is 0 Å². The van der Waals surface area contributed by atoms with Crippen LogP contribution in [0.4, 0.5) is 4.39 Å². The lowest BCUT2D eigenvalue weighted by atomic mass is 9.79. The summed E-state index contributed by atoms with van der Waals surface area (Å²) in [5, 5.41) is 1.68. The molecular weight excluding hydrogens is 451 g/mol. The Kier molecular flexibility index (Phi) is 5.82. The summed E-state index contributed by atoms with van der Waals surface area (Å²) in [6.07, 6.45) is 0.840. The molecule has 0 nitrogen and oxygen atoms in total. The van der Waals surface area contributed by atoms with Gasteiger partial charge in [-0.3, -0.25) is 0 Å². The van der Waals surface area contributed by atoms with Crippen molar-refractivity contribution in [3.63, 3.8) is 0 Å². The summed E-state index contributed by atoms with van der Waals surface area (Å²) in [6, 6.07) is 15.6. The number of hydrogen-bond donors (Lipinski definition) is 0. The van der Waals surface area contributed by atoms with E-state index in [9.17, 15) is 4.39 Å². The molecule has 0 amide bonds. The van der Waals surface area contributed by atoms with Gasteiger partial charge in [0.15, 0.2) is 0 Å². The molecule has 4 heteroatoms. The number of alkyl halides is 2. The van der Waals surface area contributed by atoms with E-state index in [1.54, 1.807) is 0 Å². The molecule has 2 aromatic carbocycles. The first-order valence-corrected chi connectivity index (χ1v) is 9.26. The third kappa shape index (κ3) is 3.52. The molecule has 0 bridgehead atoms. The highest BCUT2D eigenvalue weighted by atomic mass is 79.9. The minimum atomic E-state index is -0.225. The fourth-order valence-corrected chi connectivity index (χ4v) is 4.62. The summed E-state index contributed by atoms with van der Waals surface area (Å²) in [6.45, 7) is 0. The monoisotopic (exact) mass is 462 g/mol. The molecule has 0 saturated carbocycles. The van der Waals surface area contributed by atoms with Crippen molar-refractivity contribution in [3.05, 3.63) is 69.9 Å². The van der Waals surface area contributed by atoms with Gasteiger partial charge in [0.25, 0.3) is 0 Å². The molecule has 2 aromatic rings. The Morgan fingerprint density at radius 1 is 0.950 bits per heavy atom. The van der Waals surface area contributed by atoms with Crippen LogP contribution < -0.4 is 0 Å². The van der Waals surface area contributed by atoms with Crippen LogP contribution in [0.3, 0.4) is 0 Å². The first kappa shape index (κ1) is 16.2. The molecule has 20 heavy (non-hydrogen) atoms. The Hall–Kier alpha value is -0.190. The third-order valence-corrected chi connectivity index (χ3v) is 6.18. The molecule has 0 heterocycles. The average molecular weight is 465 g/mol. The minimum Gasteiger partial charge on any atom is -0.206 e. The molecule has 0 aliphatic rings. The predicted octanol–water partition coefficient (Wildman–Crippen LogP) is 5.86. The molecule has 0 fully saturated rings. The van der Waals surface area contributed by atoms with Crippen LogP contribution in [0.2, 0.25) is 0 Å². The zero-order chi connectivity index (χ0) is 14.6. The van der Waals surface area contributed by atoms with Crippen molar-refractivity contribution in [2.45, 2.75) is 11.8 Å². The van der Waals surface area contributed by atoms with Crippen molar-refractivity contribution >= 4 is 47.8 Å². The van der Waals surface area contributed by atoms with Crippen molar-refractivity contribution < 1.29 is 4.39 Å². The standard InChI is InChI=1S/C16H14Br3F/c17-10-16(11-18,13-4-2-1-3-5-13)9-12-6-7-15(20)14(19)8-12/h1-8H,9-11H2. The first-order chi connectivity index (χ1) is 9.61. The van der Waals surface area contributed by atoms with Gasteiger partial charge in [-0.2, -0.15) is 0 Å². The average Bonchev–Trinajstić information content (AvgIpc) is 2.49. The molecule has 106 valence electrons. The minimum absolute atomic E-state index is 0.0431. The normalized spacial score (nSPS) is 11.6. The van der Waals surface area contributed by atoms with Crippen molar-refractivity contribution in [2.24, 2.45) is 0 Å². The molecule has 0 aliphatic carbocycles. The van der Waals surface area contributed by atoms with Crippen LogP contribution >= 0.6 is 47.8 Å². The van der Waals surface area contributed by atoms with Crippen molar-refractivity contribution in [3.8, 4) is 0 Å². The quantitative estimate of drug-likeness (QED) is 0.486. The SMILES string of the molecule is Fc1ccc(CC(CBr)(CBr)c2ccccc2)cc1Br. The highest BCUT2D eigenvalue weighted by molar-refractivity contribution is 9.10. The largest absolute Gasteiger partial charge is 0.206 e. The lowest BCUT2D eigenvalue weighted by Crippen LogP contribution is -2.32. The van der Waals surface area contributed by atoms with Crippen LogP contribution in [0, 0.1) is 5.82 Å². The van der Waals surface area contributed by atoms with E-state index in [0.717, 1.165) is 22.6 Å². The van der Waals surface area contributed by atoms with Gasteiger partial charge in [0, 0.05) is 16.1 Å². The molecule has 0 N–H and O–H groups in total. The smallest absolute Gasteiger partial charge is 0.137 e. The van der Waals surface area contributed by atoms with Crippen LogP contribution in [0.1, 0.15) is 11.1 Å². The number of halogens is 4. The molecular formula is C16H14Br3F. The fraction of sp³-hybridized carbons (Fsp3) is 0.250. The summed E-state index contributed by atoms with van der Waals surface area (Å²) in [7, 11) is 0. The maximum Gasteiger partial charge on any atom is 0.137 e. The van der Waals surface area contributed by atoms with Crippen LogP contribution in [0.15, 0.2) is 53.0 Å². The van der Waals surface area contributed by atoms with Gasteiger partial charge in [-0.15, -0.1) is 0 Å². The lowest BCUT2D eigenvalue weighted by molar-refractivity contribution is 0.549. The van der Waals surface area contributed by atoms with Gasteiger partial charge in [-0.25, -0.2) is 4.39 Å². The summed E-state index contributed by atoms with van der Waals surface area (Å²) in [5.74, 6) is -0.225. The molecule has 0 spiro atoms. The maximum atomic E-state index is 13.4. The molecule has 0 atom stereocenters.